The lowest BCUT2D eigenvalue weighted by Gasteiger charge is -2.30. The van der Waals surface area contributed by atoms with Crippen molar-refractivity contribution < 1.29 is 4.79 Å². The Balaban J connectivity index is 1.49. The van der Waals surface area contributed by atoms with Crippen LogP contribution in [0.25, 0.3) is 0 Å². The highest BCUT2D eigenvalue weighted by Crippen LogP contribution is 2.19. The second-order valence-electron chi connectivity index (χ2n) is 9.23. The number of rotatable bonds is 8. The summed E-state index contributed by atoms with van der Waals surface area (Å²) in [5.74, 6) is 1.67. The molecule has 2 N–H and O–H groups in total. The molecule has 6 nitrogen and oxygen atoms in total. The predicted molar refractivity (Wildman–Crippen MR) is 136 cm³/mol. The van der Waals surface area contributed by atoms with Crippen molar-refractivity contribution in [2.75, 3.05) is 40.8 Å². The van der Waals surface area contributed by atoms with Gasteiger partial charge in [-0.05, 0) is 67.1 Å². The average Bonchev–Trinajstić information content (AvgIpc) is 2.83. The summed E-state index contributed by atoms with van der Waals surface area (Å²) in [7, 11) is 5.35. The maximum absolute atomic E-state index is 12.2. The zero-order chi connectivity index (χ0) is 23.6. The number of hydrogen-bond donors (Lipinski definition) is 2. The number of carbonyl (C=O) groups is 1. The van der Waals surface area contributed by atoms with Gasteiger partial charge >= 0.3 is 0 Å². The van der Waals surface area contributed by atoms with Crippen molar-refractivity contribution in [1.82, 2.24) is 20.4 Å². The van der Waals surface area contributed by atoms with E-state index in [0.29, 0.717) is 0 Å². The lowest BCUT2D eigenvalue weighted by atomic mass is 9.98. The van der Waals surface area contributed by atoms with E-state index in [0.717, 1.165) is 49.1 Å². The summed E-state index contributed by atoms with van der Waals surface area (Å²) in [6.07, 6.45) is 3.41. The van der Waals surface area contributed by atoms with Gasteiger partial charge in [0.15, 0.2) is 5.96 Å². The van der Waals surface area contributed by atoms with E-state index in [1.54, 1.807) is 26.0 Å². The molecule has 1 aliphatic heterocycles. The lowest BCUT2D eigenvalue weighted by Crippen LogP contribution is -2.38. The largest absolute Gasteiger partial charge is 0.356 e. The Morgan fingerprint density at radius 2 is 1.79 bits per heavy atom. The molecule has 1 fully saturated rings. The highest BCUT2D eigenvalue weighted by Gasteiger charge is 2.16. The Morgan fingerprint density at radius 3 is 2.48 bits per heavy atom. The van der Waals surface area contributed by atoms with Gasteiger partial charge in [-0.1, -0.05) is 43.3 Å². The maximum Gasteiger partial charge on any atom is 0.253 e. The van der Waals surface area contributed by atoms with Crippen molar-refractivity contribution in [2.45, 2.75) is 39.3 Å². The van der Waals surface area contributed by atoms with E-state index in [9.17, 15) is 4.79 Å². The van der Waals surface area contributed by atoms with Crippen LogP contribution in [0.1, 0.15) is 46.8 Å². The molecular weight excluding hydrogens is 410 g/mol. The van der Waals surface area contributed by atoms with Crippen molar-refractivity contribution in [3.8, 4) is 0 Å². The Bertz CT molecular complexity index is 932. The van der Waals surface area contributed by atoms with E-state index >= 15 is 0 Å². The molecule has 0 radical (unpaired) electrons. The molecule has 0 atom stereocenters. The van der Waals surface area contributed by atoms with Crippen LogP contribution in [0.15, 0.2) is 53.5 Å². The minimum absolute atomic E-state index is 0.0278. The molecule has 2 aromatic rings. The number of likely N-dealkylation sites (tertiary alicyclic amines) is 1. The monoisotopic (exact) mass is 449 g/mol. The summed E-state index contributed by atoms with van der Waals surface area (Å²) in [4.78, 5) is 20.7. The van der Waals surface area contributed by atoms with E-state index in [1.807, 2.05) is 18.2 Å². The minimum atomic E-state index is 0.0278. The molecule has 0 aromatic heterocycles. The summed E-state index contributed by atoms with van der Waals surface area (Å²) in [5.41, 5.74) is 4.55. The van der Waals surface area contributed by atoms with Gasteiger partial charge in [0.25, 0.3) is 5.91 Å². The molecular formula is C27H39N5O. The fourth-order valence-electron chi connectivity index (χ4n) is 4.19. The normalized spacial score (nSPS) is 15.3. The first-order valence-corrected chi connectivity index (χ1v) is 12.0. The first kappa shape index (κ1) is 24.8. The van der Waals surface area contributed by atoms with Crippen LogP contribution in [0.3, 0.4) is 0 Å². The summed E-state index contributed by atoms with van der Waals surface area (Å²) >= 11 is 0. The molecule has 33 heavy (non-hydrogen) atoms. The molecule has 1 heterocycles. The molecule has 0 spiro atoms. The van der Waals surface area contributed by atoms with Crippen molar-refractivity contribution in [1.29, 1.82) is 0 Å². The number of aliphatic imine (C=N–C) groups is 1. The van der Waals surface area contributed by atoms with Gasteiger partial charge in [0.1, 0.15) is 0 Å². The van der Waals surface area contributed by atoms with Crippen LogP contribution in [0, 0.1) is 5.92 Å². The molecule has 0 unspecified atom stereocenters. The number of nitrogens with one attached hydrogen (secondary N) is 2. The fraction of sp³-hybridized carbons (Fsp3) is 0.481. The summed E-state index contributed by atoms with van der Waals surface area (Å²) < 4.78 is 0. The number of carbonyl (C=O) groups excluding carboxylic acids is 1. The SMILES string of the molecule is CN=C(NCCc1cccc(C(=O)N(C)C)c1)NCc1ccccc1CN1CCC(C)CC1. The summed E-state index contributed by atoms with van der Waals surface area (Å²) in [5, 5.41) is 6.86. The van der Waals surface area contributed by atoms with Crippen LogP contribution >= 0.6 is 0 Å². The molecule has 1 saturated heterocycles. The molecule has 0 bridgehead atoms. The van der Waals surface area contributed by atoms with Gasteiger partial charge in [-0.15, -0.1) is 0 Å². The van der Waals surface area contributed by atoms with Crippen LogP contribution in [-0.2, 0) is 19.5 Å². The molecule has 0 aliphatic carbocycles. The van der Waals surface area contributed by atoms with Crippen molar-refractivity contribution in [3.05, 3.63) is 70.8 Å². The van der Waals surface area contributed by atoms with E-state index in [2.05, 4.69) is 57.8 Å². The minimum Gasteiger partial charge on any atom is -0.356 e. The number of guanidine groups is 1. The first-order valence-electron chi connectivity index (χ1n) is 12.0. The van der Waals surface area contributed by atoms with Gasteiger partial charge in [0.2, 0.25) is 0 Å². The summed E-state index contributed by atoms with van der Waals surface area (Å²) in [6.45, 7) is 7.23. The van der Waals surface area contributed by atoms with Gasteiger partial charge in [0.05, 0.1) is 0 Å². The van der Waals surface area contributed by atoms with Crippen molar-refractivity contribution in [3.63, 3.8) is 0 Å². The van der Waals surface area contributed by atoms with Crippen LogP contribution in [0.2, 0.25) is 0 Å². The smallest absolute Gasteiger partial charge is 0.253 e. The number of amides is 1. The van der Waals surface area contributed by atoms with Gasteiger partial charge in [-0.2, -0.15) is 0 Å². The second kappa shape index (κ2) is 12.4. The highest BCUT2D eigenvalue weighted by molar-refractivity contribution is 5.94. The Kier molecular flexibility index (Phi) is 9.31. The van der Waals surface area contributed by atoms with Crippen LogP contribution in [0.4, 0.5) is 0 Å². The summed E-state index contributed by atoms with van der Waals surface area (Å²) in [6, 6.07) is 16.5. The molecule has 0 saturated carbocycles. The molecule has 178 valence electrons. The van der Waals surface area contributed by atoms with Gasteiger partial charge in [0, 0.05) is 46.3 Å². The van der Waals surface area contributed by atoms with Crippen LogP contribution in [-0.4, -0.2) is 62.4 Å². The third-order valence-electron chi connectivity index (χ3n) is 6.34. The lowest BCUT2D eigenvalue weighted by molar-refractivity contribution is 0.0827. The molecule has 1 aliphatic rings. The predicted octanol–water partition coefficient (Wildman–Crippen LogP) is 3.53. The van der Waals surface area contributed by atoms with E-state index in [4.69, 9.17) is 0 Å². The fourth-order valence-corrected chi connectivity index (χ4v) is 4.19. The van der Waals surface area contributed by atoms with Crippen LogP contribution in [0.5, 0.6) is 0 Å². The Morgan fingerprint density at radius 1 is 1.06 bits per heavy atom. The van der Waals surface area contributed by atoms with Gasteiger partial charge in [-0.3, -0.25) is 14.7 Å². The third-order valence-corrected chi connectivity index (χ3v) is 6.34. The number of nitrogens with zero attached hydrogens (tertiary/aromatic N) is 3. The zero-order valence-electron chi connectivity index (χ0n) is 20.6. The number of piperidine rings is 1. The number of hydrogen-bond acceptors (Lipinski definition) is 3. The zero-order valence-corrected chi connectivity index (χ0v) is 20.6. The van der Waals surface area contributed by atoms with E-state index < -0.39 is 0 Å². The van der Waals surface area contributed by atoms with Crippen molar-refractivity contribution >= 4 is 11.9 Å². The van der Waals surface area contributed by atoms with Crippen molar-refractivity contribution in [2.24, 2.45) is 10.9 Å². The number of benzene rings is 2. The van der Waals surface area contributed by atoms with E-state index in [-0.39, 0.29) is 5.91 Å². The highest BCUT2D eigenvalue weighted by atomic mass is 16.2. The molecule has 6 heteroatoms. The second-order valence-corrected chi connectivity index (χ2v) is 9.23. The molecule has 3 rings (SSSR count). The average molecular weight is 450 g/mol. The quantitative estimate of drug-likeness (QED) is 0.478. The first-order chi connectivity index (χ1) is 16.0. The standard InChI is InChI=1S/C27H39N5O/c1-21-13-16-32(17-14-21)20-25-10-6-5-9-24(25)19-30-27(28-2)29-15-12-22-8-7-11-23(18-22)26(33)31(3)4/h5-11,18,21H,12-17,19-20H2,1-4H3,(H2,28,29,30). The Hall–Kier alpha value is -2.86. The third kappa shape index (κ3) is 7.60. The Labute approximate surface area is 199 Å². The maximum atomic E-state index is 12.2. The van der Waals surface area contributed by atoms with Gasteiger partial charge in [-0.25, -0.2) is 0 Å². The topological polar surface area (TPSA) is 60.0 Å². The molecule has 1 amide bonds. The van der Waals surface area contributed by atoms with E-state index in [1.165, 1.54) is 37.1 Å². The van der Waals surface area contributed by atoms with Crippen LogP contribution < -0.4 is 10.6 Å². The van der Waals surface area contributed by atoms with Gasteiger partial charge < -0.3 is 15.5 Å². The molecule has 2 aromatic carbocycles.